The van der Waals surface area contributed by atoms with Crippen molar-refractivity contribution in [2.24, 2.45) is 5.41 Å². The number of benzene rings is 1. The Labute approximate surface area is 118 Å². The van der Waals surface area contributed by atoms with E-state index in [9.17, 15) is 14.0 Å². The molecule has 0 aliphatic carbocycles. The van der Waals surface area contributed by atoms with Crippen molar-refractivity contribution in [2.45, 2.75) is 40.7 Å². The molecule has 5 heteroatoms. The minimum atomic E-state index is -0.661. The van der Waals surface area contributed by atoms with Gasteiger partial charge in [-0.1, -0.05) is 20.8 Å². The molecule has 0 aliphatic rings. The Bertz CT molecular complexity index is 521. The van der Waals surface area contributed by atoms with Crippen molar-refractivity contribution in [1.29, 1.82) is 0 Å². The topological polar surface area (TPSA) is 58.2 Å². The Balaban J connectivity index is 2.69. The van der Waals surface area contributed by atoms with Crippen LogP contribution in [-0.2, 0) is 9.59 Å². The molecule has 0 bridgehead atoms. The fraction of sp³-hybridized carbons (Fsp3) is 0.467. The van der Waals surface area contributed by atoms with Crippen molar-refractivity contribution >= 4 is 17.5 Å². The van der Waals surface area contributed by atoms with Gasteiger partial charge in [0.05, 0.1) is 0 Å². The van der Waals surface area contributed by atoms with Crippen molar-refractivity contribution in [2.75, 3.05) is 5.32 Å². The van der Waals surface area contributed by atoms with Crippen LogP contribution in [-0.4, -0.2) is 17.9 Å². The van der Waals surface area contributed by atoms with Crippen LogP contribution in [0.4, 0.5) is 10.1 Å². The van der Waals surface area contributed by atoms with Gasteiger partial charge in [0.1, 0.15) is 11.9 Å². The highest BCUT2D eigenvalue weighted by Gasteiger charge is 2.25. The van der Waals surface area contributed by atoms with Crippen LogP contribution >= 0.6 is 0 Å². The summed E-state index contributed by atoms with van der Waals surface area (Å²) < 4.78 is 13.0. The summed E-state index contributed by atoms with van der Waals surface area (Å²) in [6.07, 6.45) is 0. The number of amides is 2. The van der Waals surface area contributed by atoms with Gasteiger partial charge in [-0.2, -0.15) is 0 Å². The first-order chi connectivity index (χ1) is 9.11. The Hall–Kier alpha value is -1.91. The summed E-state index contributed by atoms with van der Waals surface area (Å²) >= 11 is 0. The quantitative estimate of drug-likeness (QED) is 0.894. The summed E-state index contributed by atoms with van der Waals surface area (Å²) in [5.74, 6) is -0.886. The zero-order valence-corrected chi connectivity index (χ0v) is 12.5. The van der Waals surface area contributed by atoms with Crippen LogP contribution in [0.15, 0.2) is 18.2 Å². The first-order valence-electron chi connectivity index (χ1n) is 6.49. The molecule has 0 saturated carbocycles. The Kier molecular flexibility index (Phi) is 4.87. The molecule has 0 fully saturated rings. The first kappa shape index (κ1) is 16.1. The van der Waals surface area contributed by atoms with Crippen molar-refractivity contribution in [3.8, 4) is 0 Å². The second-order valence-corrected chi connectivity index (χ2v) is 5.89. The third-order valence-electron chi connectivity index (χ3n) is 2.87. The average Bonchev–Trinajstić information content (AvgIpc) is 2.31. The van der Waals surface area contributed by atoms with Crippen molar-refractivity contribution < 1.29 is 14.0 Å². The van der Waals surface area contributed by atoms with E-state index in [1.54, 1.807) is 34.6 Å². The summed E-state index contributed by atoms with van der Waals surface area (Å²) in [4.78, 5) is 23.8. The van der Waals surface area contributed by atoms with E-state index >= 15 is 0 Å². The molecule has 2 N–H and O–H groups in total. The van der Waals surface area contributed by atoms with Gasteiger partial charge in [0, 0.05) is 11.1 Å². The summed E-state index contributed by atoms with van der Waals surface area (Å²) in [6, 6.07) is 3.46. The lowest BCUT2D eigenvalue weighted by atomic mass is 9.95. The van der Waals surface area contributed by atoms with Gasteiger partial charge in [-0.25, -0.2) is 4.39 Å². The van der Waals surface area contributed by atoms with Crippen LogP contribution in [0.2, 0.25) is 0 Å². The zero-order valence-electron chi connectivity index (χ0n) is 12.5. The normalized spacial score (nSPS) is 12.7. The number of rotatable bonds is 3. The van der Waals surface area contributed by atoms with Gasteiger partial charge in [-0.15, -0.1) is 0 Å². The van der Waals surface area contributed by atoms with E-state index in [1.807, 2.05) is 0 Å². The van der Waals surface area contributed by atoms with Crippen LogP contribution in [0.25, 0.3) is 0 Å². The highest BCUT2D eigenvalue weighted by Crippen LogP contribution is 2.16. The molecule has 1 aromatic rings. The summed E-state index contributed by atoms with van der Waals surface area (Å²) in [5.41, 5.74) is 0.612. The third-order valence-corrected chi connectivity index (χ3v) is 2.87. The maximum absolute atomic E-state index is 13.0. The lowest BCUT2D eigenvalue weighted by molar-refractivity contribution is -0.131. The molecule has 0 aromatic heterocycles. The van der Waals surface area contributed by atoms with Crippen molar-refractivity contribution in [3.05, 3.63) is 29.6 Å². The van der Waals surface area contributed by atoms with Crippen molar-refractivity contribution in [1.82, 2.24) is 5.32 Å². The van der Waals surface area contributed by atoms with Gasteiger partial charge in [-0.05, 0) is 37.6 Å². The average molecular weight is 280 g/mol. The zero-order chi connectivity index (χ0) is 15.5. The molecule has 1 unspecified atom stereocenters. The minimum absolute atomic E-state index is 0.198. The molecule has 0 spiro atoms. The van der Waals surface area contributed by atoms with E-state index in [0.717, 1.165) is 0 Å². The van der Waals surface area contributed by atoms with E-state index in [2.05, 4.69) is 10.6 Å². The predicted octanol–water partition coefficient (Wildman–Crippen LogP) is 2.62. The number of aryl methyl sites for hydroxylation is 1. The van der Waals surface area contributed by atoms with Crippen LogP contribution in [0, 0.1) is 18.2 Å². The molecule has 110 valence electrons. The molecular formula is C15H21FN2O2. The third kappa shape index (κ3) is 4.33. The maximum atomic E-state index is 13.0. The summed E-state index contributed by atoms with van der Waals surface area (Å²) in [6.45, 7) is 8.64. The molecule has 0 saturated heterocycles. The highest BCUT2D eigenvalue weighted by molar-refractivity contribution is 5.97. The molecular weight excluding hydrogens is 259 g/mol. The number of halogens is 1. The van der Waals surface area contributed by atoms with Gasteiger partial charge in [0.15, 0.2) is 0 Å². The fourth-order valence-corrected chi connectivity index (χ4v) is 1.49. The standard InChI is InChI=1S/C15H21FN2O2/c1-9-8-11(16)6-7-12(9)18-13(19)10(2)17-14(20)15(3,4)5/h6-8,10H,1-5H3,(H,17,20)(H,18,19). The number of anilines is 1. The molecule has 1 rings (SSSR count). The molecule has 0 heterocycles. The minimum Gasteiger partial charge on any atom is -0.344 e. The monoisotopic (exact) mass is 280 g/mol. The molecule has 1 atom stereocenters. The number of carbonyl (C=O) groups excluding carboxylic acids is 2. The highest BCUT2D eigenvalue weighted by atomic mass is 19.1. The van der Waals surface area contributed by atoms with Gasteiger partial charge in [0.2, 0.25) is 11.8 Å². The van der Waals surface area contributed by atoms with Gasteiger partial charge in [-0.3, -0.25) is 9.59 Å². The van der Waals surface area contributed by atoms with Crippen LogP contribution in [0.5, 0.6) is 0 Å². The number of hydrogen-bond acceptors (Lipinski definition) is 2. The van der Waals surface area contributed by atoms with E-state index in [-0.39, 0.29) is 17.6 Å². The van der Waals surface area contributed by atoms with Crippen LogP contribution in [0.3, 0.4) is 0 Å². The van der Waals surface area contributed by atoms with E-state index < -0.39 is 11.5 Å². The predicted molar refractivity (Wildman–Crippen MR) is 76.8 cm³/mol. The number of nitrogens with one attached hydrogen (secondary N) is 2. The lowest BCUT2D eigenvalue weighted by Gasteiger charge is -2.21. The Morgan fingerprint density at radius 2 is 1.85 bits per heavy atom. The molecule has 2 amide bonds. The van der Waals surface area contributed by atoms with E-state index in [1.165, 1.54) is 18.2 Å². The van der Waals surface area contributed by atoms with E-state index in [0.29, 0.717) is 11.3 Å². The van der Waals surface area contributed by atoms with Crippen molar-refractivity contribution in [3.63, 3.8) is 0 Å². The van der Waals surface area contributed by atoms with Crippen LogP contribution < -0.4 is 10.6 Å². The number of carbonyl (C=O) groups is 2. The molecule has 0 radical (unpaired) electrons. The summed E-state index contributed by atoms with van der Waals surface area (Å²) in [5, 5.41) is 5.32. The Morgan fingerprint density at radius 3 is 2.35 bits per heavy atom. The fourth-order valence-electron chi connectivity index (χ4n) is 1.49. The lowest BCUT2D eigenvalue weighted by Crippen LogP contribution is -2.46. The van der Waals surface area contributed by atoms with Crippen LogP contribution in [0.1, 0.15) is 33.3 Å². The second kappa shape index (κ2) is 6.03. The van der Waals surface area contributed by atoms with Gasteiger partial charge in [0.25, 0.3) is 0 Å². The SMILES string of the molecule is Cc1cc(F)ccc1NC(=O)C(C)NC(=O)C(C)(C)C. The first-order valence-corrected chi connectivity index (χ1v) is 6.49. The maximum Gasteiger partial charge on any atom is 0.246 e. The molecule has 4 nitrogen and oxygen atoms in total. The number of hydrogen-bond donors (Lipinski definition) is 2. The largest absolute Gasteiger partial charge is 0.344 e. The second-order valence-electron chi connectivity index (χ2n) is 5.89. The van der Waals surface area contributed by atoms with E-state index in [4.69, 9.17) is 0 Å². The van der Waals surface area contributed by atoms with Gasteiger partial charge >= 0.3 is 0 Å². The smallest absolute Gasteiger partial charge is 0.246 e. The van der Waals surface area contributed by atoms with Gasteiger partial charge < -0.3 is 10.6 Å². The molecule has 20 heavy (non-hydrogen) atoms. The molecule has 0 aliphatic heterocycles. The molecule has 1 aromatic carbocycles. The summed E-state index contributed by atoms with van der Waals surface area (Å²) in [7, 11) is 0. The Morgan fingerprint density at radius 1 is 1.25 bits per heavy atom.